The van der Waals surface area contributed by atoms with Gasteiger partial charge in [-0.25, -0.2) is 4.98 Å². The summed E-state index contributed by atoms with van der Waals surface area (Å²) >= 11 is 1.77. The molecule has 1 nitrogen and oxygen atoms in total. The summed E-state index contributed by atoms with van der Waals surface area (Å²) in [5, 5.41) is 2.16. The van der Waals surface area contributed by atoms with Gasteiger partial charge in [0.2, 0.25) is 0 Å². The van der Waals surface area contributed by atoms with Crippen molar-refractivity contribution in [3.05, 3.63) is 88.3 Å². The number of thiophene rings is 1. The summed E-state index contributed by atoms with van der Waals surface area (Å²) in [6.07, 6.45) is 0. The van der Waals surface area contributed by atoms with E-state index < -0.39 is 0 Å². The fourth-order valence-electron chi connectivity index (χ4n) is 4.11. The Kier molecular flexibility index (Phi) is 6.09. The Labute approximate surface area is 203 Å². The maximum absolute atomic E-state index is 5.15. The fourth-order valence-corrected chi connectivity index (χ4v) is 4.99. The topological polar surface area (TPSA) is 12.9 Å². The zero-order chi connectivity index (χ0) is 24.0. The number of benzene rings is 2. The van der Waals surface area contributed by atoms with Gasteiger partial charge in [0.15, 0.2) is 0 Å². The molecule has 0 aliphatic heterocycles. The molecule has 2 heterocycles. The molecule has 2 aromatic heterocycles. The molecule has 0 N–H and O–H groups in total. The molecule has 0 fully saturated rings. The van der Waals surface area contributed by atoms with E-state index >= 15 is 0 Å². The average Bonchev–Trinajstić information content (AvgIpc) is 3.18. The molecule has 4 aromatic rings. The quantitative estimate of drug-likeness (QED) is 0.301. The Balaban J connectivity index is 2.01. The van der Waals surface area contributed by atoms with Crippen LogP contribution in [0.2, 0.25) is 0 Å². The molecule has 2 heteroatoms. The van der Waals surface area contributed by atoms with Gasteiger partial charge in [-0.2, -0.15) is 0 Å². The van der Waals surface area contributed by atoms with Crippen molar-refractivity contribution in [1.82, 2.24) is 4.98 Å². The van der Waals surface area contributed by atoms with Crippen LogP contribution in [-0.2, 0) is 10.8 Å². The van der Waals surface area contributed by atoms with Crippen LogP contribution < -0.4 is 0 Å². The lowest BCUT2D eigenvalue weighted by Crippen LogP contribution is -2.16. The highest BCUT2D eigenvalue weighted by atomic mass is 32.1. The minimum atomic E-state index is 0.0784. The molecule has 33 heavy (non-hydrogen) atoms. The molecular weight excluding hydrogens is 418 g/mol. The molecule has 0 atom stereocenters. The Morgan fingerprint density at radius 2 is 1.21 bits per heavy atom. The Bertz CT molecular complexity index is 1260. The van der Waals surface area contributed by atoms with E-state index in [1.807, 2.05) is 0 Å². The standard InChI is InChI=1S/C31H35NS/c1-20-11-9-10-12-26(20)27-17-23(18-28(32-27)29-21(2)13-14-33-29)22-15-24(30(3,4)5)19-25(16-22)31(6,7)8/h9-19H,1-8H3. The molecule has 0 aliphatic carbocycles. The van der Waals surface area contributed by atoms with Crippen LogP contribution in [-0.4, -0.2) is 4.98 Å². The highest BCUT2D eigenvalue weighted by Crippen LogP contribution is 2.38. The predicted octanol–water partition coefficient (Wildman–Crippen LogP) is 9.36. The van der Waals surface area contributed by atoms with Crippen molar-refractivity contribution in [2.45, 2.75) is 66.2 Å². The zero-order valence-corrected chi connectivity index (χ0v) is 22.0. The van der Waals surface area contributed by atoms with Gasteiger partial charge in [0.1, 0.15) is 0 Å². The molecular formula is C31H35NS. The summed E-state index contributed by atoms with van der Waals surface area (Å²) in [5.41, 5.74) is 11.2. The first-order valence-electron chi connectivity index (χ1n) is 11.7. The summed E-state index contributed by atoms with van der Waals surface area (Å²) < 4.78 is 0. The third-order valence-electron chi connectivity index (χ3n) is 6.34. The first-order valence-corrected chi connectivity index (χ1v) is 12.6. The van der Waals surface area contributed by atoms with Crippen LogP contribution in [0, 0.1) is 13.8 Å². The van der Waals surface area contributed by atoms with Gasteiger partial charge < -0.3 is 0 Å². The molecule has 4 rings (SSSR count). The number of nitrogens with zero attached hydrogens (tertiary/aromatic N) is 1. The molecule has 0 bridgehead atoms. The Morgan fingerprint density at radius 3 is 1.76 bits per heavy atom. The van der Waals surface area contributed by atoms with Gasteiger partial charge in [0, 0.05) is 5.56 Å². The molecule has 0 unspecified atom stereocenters. The number of aromatic nitrogens is 1. The van der Waals surface area contributed by atoms with E-state index in [1.165, 1.54) is 43.8 Å². The maximum Gasteiger partial charge on any atom is 0.0818 e. The number of hydrogen-bond acceptors (Lipinski definition) is 2. The number of rotatable bonds is 3. The van der Waals surface area contributed by atoms with Crippen molar-refractivity contribution in [3.8, 4) is 33.0 Å². The third-order valence-corrected chi connectivity index (χ3v) is 7.38. The lowest BCUT2D eigenvalue weighted by molar-refractivity contribution is 0.569. The molecule has 0 amide bonds. The van der Waals surface area contributed by atoms with E-state index in [4.69, 9.17) is 4.98 Å². The van der Waals surface area contributed by atoms with Crippen molar-refractivity contribution in [2.75, 3.05) is 0 Å². The Morgan fingerprint density at radius 1 is 0.636 bits per heavy atom. The van der Waals surface area contributed by atoms with Crippen LogP contribution >= 0.6 is 11.3 Å². The van der Waals surface area contributed by atoms with Gasteiger partial charge in [-0.05, 0) is 81.6 Å². The van der Waals surface area contributed by atoms with Crippen LogP contribution in [0.4, 0.5) is 0 Å². The van der Waals surface area contributed by atoms with Gasteiger partial charge in [-0.3, -0.25) is 0 Å². The smallest absolute Gasteiger partial charge is 0.0818 e. The van der Waals surface area contributed by atoms with Crippen LogP contribution in [0.1, 0.15) is 63.8 Å². The van der Waals surface area contributed by atoms with Crippen LogP contribution in [0.3, 0.4) is 0 Å². The Hall–Kier alpha value is -2.71. The van der Waals surface area contributed by atoms with E-state index in [9.17, 15) is 0 Å². The summed E-state index contributed by atoms with van der Waals surface area (Å²) in [6, 6.07) is 22.4. The first-order chi connectivity index (χ1) is 15.4. The molecule has 170 valence electrons. The van der Waals surface area contributed by atoms with E-state index in [-0.39, 0.29) is 10.8 Å². The van der Waals surface area contributed by atoms with Crippen molar-refractivity contribution < 1.29 is 0 Å². The van der Waals surface area contributed by atoms with Crippen molar-refractivity contribution in [1.29, 1.82) is 0 Å². The largest absolute Gasteiger partial charge is 0.247 e. The van der Waals surface area contributed by atoms with Crippen molar-refractivity contribution in [3.63, 3.8) is 0 Å². The molecule has 0 saturated heterocycles. The number of aryl methyl sites for hydroxylation is 2. The molecule has 2 aromatic carbocycles. The predicted molar refractivity (Wildman–Crippen MR) is 145 cm³/mol. The van der Waals surface area contributed by atoms with E-state index in [1.54, 1.807) is 11.3 Å². The molecule has 0 spiro atoms. The van der Waals surface area contributed by atoms with Gasteiger partial charge in [0.05, 0.1) is 16.3 Å². The van der Waals surface area contributed by atoms with E-state index in [2.05, 4.69) is 121 Å². The van der Waals surface area contributed by atoms with Gasteiger partial charge in [-0.1, -0.05) is 84.0 Å². The second-order valence-corrected chi connectivity index (χ2v) is 12.1. The monoisotopic (exact) mass is 453 g/mol. The van der Waals surface area contributed by atoms with Crippen molar-refractivity contribution >= 4 is 11.3 Å². The molecule has 0 saturated carbocycles. The minimum Gasteiger partial charge on any atom is -0.247 e. The summed E-state index contributed by atoms with van der Waals surface area (Å²) in [6.45, 7) is 18.1. The highest BCUT2D eigenvalue weighted by Gasteiger charge is 2.22. The van der Waals surface area contributed by atoms with Gasteiger partial charge >= 0.3 is 0 Å². The number of hydrogen-bond donors (Lipinski definition) is 0. The lowest BCUT2D eigenvalue weighted by Gasteiger charge is -2.26. The van der Waals surface area contributed by atoms with Gasteiger partial charge in [-0.15, -0.1) is 11.3 Å². The summed E-state index contributed by atoms with van der Waals surface area (Å²) in [4.78, 5) is 6.39. The van der Waals surface area contributed by atoms with E-state index in [0.717, 1.165) is 11.4 Å². The van der Waals surface area contributed by atoms with E-state index in [0.29, 0.717) is 0 Å². The summed E-state index contributed by atoms with van der Waals surface area (Å²) in [7, 11) is 0. The van der Waals surface area contributed by atoms with Gasteiger partial charge in [0.25, 0.3) is 0 Å². The minimum absolute atomic E-state index is 0.0784. The molecule has 0 radical (unpaired) electrons. The second-order valence-electron chi connectivity index (χ2n) is 11.2. The van der Waals surface area contributed by atoms with Crippen LogP contribution in [0.25, 0.3) is 33.0 Å². The third kappa shape index (κ3) is 4.96. The SMILES string of the molecule is Cc1ccccc1-c1cc(-c2cc(C(C)(C)C)cc(C(C)(C)C)c2)cc(-c2sccc2C)n1. The molecule has 0 aliphatic rings. The number of pyridine rings is 1. The van der Waals surface area contributed by atoms with Crippen molar-refractivity contribution in [2.24, 2.45) is 0 Å². The first kappa shape index (κ1) is 23.4. The fraction of sp³-hybridized carbons (Fsp3) is 0.323. The van der Waals surface area contributed by atoms with Crippen LogP contribution in [0.15, 0.2) is 66.0 Å². The van der Waals surface area contributed by atoms with Crippen LogP contribution in [0.5, 0.6) is 0 Å². The zero-order valence-electron chi connectivity index (χ0n) is 21.2. The second kappa shape index (κ2) is 8.57. The lowest BCUT2D eigenvalue weighted by atomic mass is 9.79. The highest BCUT2D eigenvalue weighted by molar-refractivity contribution is 7.13. The normalized spacial score (nSPS) is 12.2. The average molecular weight is 454 g/mol. The maximum atomic E-state index is 5.15. The summed E-state index contributed by atoms with van der Waals surface area (Å²) in [5.74, 6) is 0.